The second kappa shape index (κ2) is 5.40. The smallest absolute Gasteiger partial charge is 0.316 e. The Kier molecular flexibility index (Phi) is 4.40. The van der Waals surface area contributed by atoms with Crippen LogP contribution in [0, 0.1) is 6.92 Å². The highest BCUT2D eigenvalue weighted by molar-refractivity contribution is 7.99. The zero-order valence-electron chi connectivity index (χ0n) is 10.6. The van der Waals surface area contributed by atoms with Gasteiger partial charge in [0.15, 0.2) is 0 Å². The molecule has 2 N–H and O–H groups in total. The Morgan fingerprint density at radius 3 is 2.71 bits per heavy atom. The van der Waals surface area contributed by atoms with Gasteiger partial charge in [-0.3, -0.25) is 4.79 Å². The number of aromatic nitrogens is 1. The molecule has 0 aliphatic carbocycles. The summed E-state index contributed by atoms with van der Waals surface area (Å²) in [4.78, 5) is 15.7. The molecule has 17 heavy (non-hydrogen) atoms. The van der Waals surface area contributed by atoms with Crippen LogP contribution in [0.4, 0.5) is 5.69 Å². The number of pyridine rings is 1. The Labute approximate surface area is 106 Å². The maximum absolute atomic E-state index is 11.5. The van der Waals surface area contributed by atoms with E-state index in [1.807, 2.05) is 27.7 Å². The summed E-state index contributed by atoms with van der Waals surface area (Å²) < 4.78 is 5.19. The molecule has 0 spiro atoms. The van der Waals surface area contributed by atoms with Crippen molar-refractivity contribution in [3.05, 3.63) is 17.8 Å². The van der Waals surface area contributed by atoms with Gasteiger partial charge in [-0.15, -0.1) is 0 Å². The molecule has 0 fully saturated rings. The van der Waals surface area contributed by atoms with Crippen LogP contribution in [0.15, 0.2) is 17.3 Å². The van der Waals surface area contributed by atoms with Crippen molar-refractivity contribution in [2.24, 2.45) is 0 Å². The van der Waals surface area contributed by atoms with Crippen molar-refractivity contribution in [2.75, 3.05) is 11.5 Å². The molecule has 4 nitrogen and oxygen atoms in total. The number of carbonyl (C=O) groups excluding carboxylic acids is 1. The Hall–Kier alpha value is -1.23. The average Bonchev–Trinajstić information content (AvgIpc) is 2.17. The van der Waals surface area contributed by atoms with Gasteiger partial charge in [0.2, 0.25) is 0 Å². The van der Waals surface area contributed by atoms with Gasteiger partial charge in [0.25, 0.3) is 0 Å². The van der Waals surface area contributed by atoms with E-state index in [0.717, 1.165) is 10.6 Å². The van der Waals surface area contributed by atoms with Crippen LogP contribution < -0.4 is 5.73 Å². The molecule has 0 radical (unpaired) electrons. The normalized spacial score (nSPS) is 11.3. The molecule has 0 atom stereocenters. The Bertz CT molecular complexity index is 413. The van der Waals surface area contributed by atoms with Crippen molar-refractivity contribution in [3.63, 3.8) is 0 Å². The van der Waals surface area contributed by atoms with E-state index in [9.17, 15) is 4.79 Å². The van der Waals surface area contributed by atoms with E-state index in [4.69, 9.17) is 10.5 Å². The summed E-state index contributed by atoms with van der Waals surface area (Å²) in [6.07, 6.45) is 1.70. The number of nitrogens with zero attached hydrogens (tertiary/aromatic N) is 1. The van der Waals surface area contributed by atoms with Crippen LogP contribution in [-0.4, -0.2) is 22.3 Å². The van der Waals surface area contributed by atoms with Crippen LogP contribution >= 0.6 is 11.8 Å². The van der Waals surface area contributed by atoms with E-state index < -0.39 is 5.60 Å². The number of rotatable bonds is 3. The van der Waals surface area contributed by atoms with Gasteiger partial charge >= 0.3 is 5.97 Å². The topological polar surface area (TPSA) is 65.2 Å². The lowest BCUT2D eigenvalue weighted by Crippen LogP contribution is -2.24. The number of carbonyl (C=O) groups is 1. The highest BCUT2D eigenvalue weighted by Crippen LogP contribution is 2.20. The predicted molar refractivity (Wildman–Crippen MR) is 70.0 cm³/mol. The number of esters is 1. The summed E-state index contributed by atoms with van der Waals surface area (Å²) >= 11 is 1.33. The van der Waals surface area contributed by atoms with Crippen molar-refractivity contribution in [2.45, 2.75) is 38.3 Å². The molecule has 94 valence electrons. The first-order valence-electron chi connectivity index (χ1n) is 5.35. The first-order valence-corrected chi connectivity index (χ1v) is 6.33. The number of hydrogen-bond donors (Lipinski definition) is 1. The first kappa shape index (κ1) is 13.8. The fourth-order valence-corrected chi connectivity index (χ4v) is 1.76. The second-order valence-electron chi connectivity index (χ2n) is 4.75. The van der Waals surface area contributed by atoms with Crippen LogP contribution in [0.25, 0.3) is 0 Å². The molecule has 0 saturated carbocycles. The quantitative estimate of drug-likeness (QED) is 0.663. The molecule has 0 aromatic carbocycles. The number of anilines is 1. The number of hydrogen-bond acceptors (Lipinski definition) is 5. The van der Waals surface area contributed by atoms with Gasteiger partial charge in [-0.2, -0.15) is 0 Å². The molecular weight excluding hydrogens is 236 g/mol. The van der Waals surface area contributed by atoms with Crippen LogP contribution in [-0.2, 0) is 9.53 Å². The molecule has 0 bridgehead atoms. The van der Waals surface area contributed by atoms with Gasteiger partial charge in [-0.1, -0.05) is 11.8 Å². The van der Waals surface area contributed by atoms with Gasteiger partial charge in [0.05, 0.1) is 10.8 Å². The number of aryl methyl sites for hydroxylation is 1. The maximum atomic E-state index is 11.5. The van der Waals surface area contributed by atoms with Crippen LogP contribution in [0.2, 0.25) is 0 Å². The Morgan fingerprint density at radius 2 is 2.18 bits per heavy atom. The van der Waals surface area contributed by atoms with Gasteiger partial charge < -0.3 is 10.5 Å². The van der Waals surface area contributed by atoms with Gasteiger partial charge in [-0.05, 0) is 39.3 Å². The highest BCUT2D eigenvalue weighted by Gasteiger charge is 2.16. The fourth-order valence-electron chi connectivity index (χ4n) is 1.10. The fraction of sp³-hybridized carbons (Fsp3) is 0.500. The minimum atomic E-state index is -0.447. The molecule has 1 aromatic heterocycles. The van der Waals surface area contributed by atoms with E-state index >= 15 is 0 Å². The summed E-state index contributed by atoms with van der Waals surface area (Å²) in [6.45, 7) is 7.43. The third-order valence-corrected chi connectivity index (χ3v) is 2.78. The molecule has 0 aliphatic rings. The number of thioether (sulfide) groups is 1. The monoisotopic (exact) mass is 254 g/mol. The maximum Gasteiger partial charge on any atom is 0.316 e. The molecule has 1 rings (SSSR count). The predicted octanol–water partition coefficient (Wildman–Crippen LogP) is 2.41. The third kappa shape index (κ3) is 5.08. The average molecular weight is 254 g/mol. The van der Waals surface area contributed by atoms with Crippen molar-refractivity contribution in [1.29, 1.82) is 0 Å². The Morgan fingerprint density at radius 1 is 1.53 bits per heavy atom. The number of nitrogen functional groups attached to an aromatic ring is 1. The lowest BCUT2D eigenvalue weighted by atomic mass is 10.2. The molecule has 0 saturated heterocycles. The van der Waals surface area contributed by atoms with Crippen LogP contribution in [0.5, 0.6) is 0 Å². The zero-order valence-corrected chi connectivity index (χ0v) is 11.4. The van der Waals surface area contributed by atoms with Gasteiger partial charge in [0, 0.05) is 11.9 Å². The van der Waals surface area contributed by atoms with Gasteiger partial charge in [-0.25, -0.2) is 4.98 Å². The minimum Gasteiger partial charge on any atom is -0.459 e. The molecular formula is C12H18N2O2S. The lowest BCUT2D eigenvalue weighted by Gasteiger charge is -2.19. The summed E-state index contributed by atoms with van der Waals surface area (Å²) in [6, 6.07) is 1.77. The van der Waals surface area contributed by atoms with E-state index in [-0.39, 0.29) is 11.7 Å². The van der Waals surface area contributed by atoms with E-state index in [1.54, 1.807) is 12.3 Å². The van der Waals surface area contributed by atoms with Crippen LogP contribution in [0.1, 0.15) is 26.3 Å². The molecule has 0 amide bonds. The molecule has 0 unspecified atom stereocenters. The molecule has 1 heterocycles. The summed E-state index contributed by atoms with van der Waals surface area (Å²) in [7, 11) is 0. The summed E-state index contributed by atoms with van der Waals surface area (Å²) in [5.74, 6) is -0.00398. The Balaban J connectivity index is 2.50. The number of nitrogens with two attached hydrogens (primary N) is 1. The summed E-state index contributed by atoms with van der Waals surface area (Å²) in [5.41, 5.74) is 6.94. The van der Waals surface area contributed by atoms with E-state index in [0.29, 0.717) is 5.69 Å². The van der Waals surface area contributed by atoms with Crippen molar-refractivity contribution in [1.82, 2.24) is 4.98 Å². The first-order chi connectivity index (χ1) is 7.78. The van der Waals surface area contributed by atoms with E-state index in [2.05, 4.69) is 4.98 Å². The van der Waals surface area contributed by atoms with Gasteiger partial charge in [0.1, 0.15) is 5.60 Å². The lowest BCUT2D eigenvalue weighted by molar-refractivity contribution is -0.151. The minimum absolute atomic E-state index is 0.243. The standard InChI is InChI=1S/C12H18N2O2S/c1-8-6-14-10(5-9(8)13)17-7-11(15)16-12(2,3)4/h5-6H,7H2,1-4H3,(H2,13,14). The molecule has 5 heteroatoms. The van der Waals surface area contributed by atoms with E-state index in [1.165, 1.54) is 11.8 Å². The van der Waals surface area contributed by atoms with Crippen molar-refractivity contribution in [3.8, 4) is 0 Å². The van der Waals surface area contributed by atoms with Crippen molar-refractivity contribution >= 4 is 23.4 Å². The van der Waals surface area contributed by atoms with Crippen molar-refractivity contribution < 1.29 is 9.53 Å². The second-order valence-corrected chi connectivity index (χ2v) is 5.75. The third-order valence-electron chi connectivity index (χ3n) is 1.88. The zero-order chi connectivity index (χ0) is 13.1. The number of ether oxygens (including phenoxy) is 1. The SMILES string of the molecule is Cc1cnc(SCC(=O)OC(C)(C)C)cc1N. The summed E-state index contributed by atoms with van der Waals surface area (Å²) in [5, 5.41) is 0.735. The molecule has 0 aliphatic heterocycles. The highest BCUT2D eigenvalue weighted by atomic mass is 32.2. The van der Waals surface area contributed by atoms with Crippen LogP contribution in [0.3, 0.4) is 0 Å². The largest absolute Gasteiger partial charge is 0.459 e. The molecule has 1 aromatic rings.